The van der Waals surface area contributed by atoms with Gasteiger partial charge < -0.3 is 19.5 Å². The molecule has 0 saturated carbocycles. The molecule has 1 N–H and O–H groups in total. The van der Waals surface area contributed by atoms with Gasteiger partial charge in [0.1, 0.15) is 0 Å². The molecule has 0 radical (unpaired) electrons. The number of hydrogen-bond acceptors (Lipinski definition) is 4. The van der Waals surface area contributed by atoms with E-state index in [4.69, 9.17) is 14.6 Å². The maximum atomic E-state index is 12.2. The number of fused-ring (bicyclic) bond motifs is 1. The molecule has 0 spiro atoms. The predicted molar refractivity (Wildman–Crippen MR) is 78.5 cm³/mol. The number of amides is 1. The van der Waals surface area contributed by atoms with Crippen molar-refractivity contribution in [3.8, 4) is 11.5 Å². The van der Waals surface area contributed by atoms with Gasteiger partial charge in [0.05, 0.1) is 5.92 Å². The van der Waals surface area contributed by atoms with Crippen LogP contribution in [0.2, 0.25) is 0 Å². The summed E-state index contributed by atoms with van der Waals surface area (Å²) in [5.41, 5.74) is 0.837. The van der Waals surface area contributed by atoms with Crippen molar-refractivity contribution in [3.05, 3.63) is 29.8 Å². The van der Waals surface area contributed by atoms with Gasteiger partial charge in [0, 0.05) is 19.2 Å². The average molecular weight is 303 g/mol. The Morgan fingerprint density at radius 1 is 1.27 bits per heavy atom. The van der Waals surface area contributed by atoms with E-state index in [1.165, 1.54) is 6.08 Å². The van der Waals surface area contributed by atoms with Crippen LogP contribution in [-0.2, 0) is 9.59 Å². The number of carboxylic acid groups (broad SMARTS) is 1. The lowest BCUT2D eigenvalue weighted by atomic mass is 9.98. The third-order valence-electron chi connectivity index (χ3n) is 3.90. The van der Waals surface area contributed by atoms with E-state index >= 15 is 0 Å². The van der Waals surface area contributed by atoms with Crippen LogP contribution in [0.15, 0.2) is 24.3 Å². The molecule has 3 rings (SSSR count). The summed E-state index contributed by atoms with van der Waals surface area (Å²) >= 11 is 0. The highest BCUT2D eigenvalue weighted by atomic mass is 16.7. The molecule has 0 bridgehead atoms. The maximum Gasteiger partial charge on any atom is 0.308 e. The van der Waals surface area contributed by atoms with Gasteiger partial charge in [-0.1, -0.05) is 6.07 Å². The molecule has 1 saturated heterocycles. The highest BCUT2D eigenvalue weighted by molar-refractivity contribution is 5.92. The van der Waals surface area contributed by atoms with Gasteiger partial charge in [-0.25, -0.2) is 0 Å². The number of hydrogen-bond donors (Lipinski definition) is 1. The summed E-state index contributed by atoms with van der Waals surface area (Å²) in [7, 11) is 0. The zero-order chi connectivity index (χ0) is 15.5. The van der Waals surface area contributed by atoms with Crippen LogP contribution in [0.3, 0.4) is 0 Å². The average Bonchev–Trinajstić information content (AvgIpc) is 3.00. The van der Waals surface area contributed by atoms with E-state index in [2.05, 4.69) is 0 Å². The predicted octanol–water partition coefficient (Wildman–Crippen LogP) is 1.75. The van der Waals surface area contributed by atoms with Crippen molar-refractivity contribution in [2.75, 3.05) is 19.9 Å². The number of benzene rings is 1. The Kier molecular flexibility index (Phi) is 4.00. The molecule has 22 heavy (non-hydrogen) atoms. The van der Waals surface area contributed by atoms with E-state index in [0.29, 0.717) is 24.5 Å². The van der Waals surface area contributed by atoms with E-state index in [1.54, 1.807) is 17.0 Å². The summed E-state index contributed by atoms with van der Waals surface area (Å²) < 4.78 is 10.5. The van der Waals surface area contributed by atoms with E-state index < -0.39 is 11.9 Å². The minimum absolute atomic E-state index is 0.163. The fraction of sp³-hybridized carbons (Fsp3) is 0.375. The van der Waals surface area contributed by atoms with Crippen molar-refractivity contribution < 1.29 is 24.2 Å². The fourth-order valence-corrected chi connectivity index (χ4v) is 2.67. The number of piperidine rings is 1. The molecular formula is C16H17NO5. The second kappa shape index (κ2) is 6.09. The van der Waals surface area contributed by atoms with Crippen molar-refractivity contribution in [3.63, 3.8) is 0 Å². The Balaban J connectivity index is 1.64. The number of carbonyl (C=O) groups excluding carboxylic acids is 1. The minimum Gasteiger partial charge on any atom is -0.481 e. The molecule has 2 aliphatic rings. The molecule has 6 heteroatoms. The van der Waals surface area contributed by atoms with Crippen molar-refractivity contribution in [1.82, 2.24) is 4.90 Å². The number of aliphatic carboxylic acids is 1. The standard InChI is InChI=1S/C16H17NO5/c18-15(17-7-1-2-12(9-17)16(19)20)6-4-11-3-5-13-14(8-11)22-10-21-13/h3-6,8,12H,1-2,7,9-10H2,(H,19,20)/b6-4+/t12-/m0/s1. The van der Waals surface area contributed by atoms with Gasteiger partial charge in [0.25, 0.3) is 0 Å². The van der Waals surface area contributed by atoms with Crippen LogP contribution in [-0.4, -0.2) is 41.8 Å². The molecule has 1 fully saturated rings. The Morgan fingerprint density at radius 2 is 2.09 bits per heavy atom. The van der Waals surface area contributed by atoms with Crippen LogP contribution in [0, 0.1) is 5.92 Å². The molecule has 0 aliphatic carbocycles. The largest absolute Gasteiger partial charge is 0.481 e. The Hall–Kier alpha value is -2.50. The van der Waals surface area contributed by atoms with Crippen molar-refractivity contribution in [1.29, 1.82) is 0 Å². The monoisotopic (exact) mass is 303 g/mol. The quantitative estimate of drug-likeness (QED) is 0.861. The van der Waals surface area contributed by atoms with Crippen LogP contribution < -0.4 is 9.47 Å². The number of rotatable bonds is 3. The van der Waals surface area contributed by atoms with Crippen LogP contribution >= 0.6 is 0 Å². The number of nitrogens with zero attached hydrogens (tertiary/aromatic N) is 1. The molecule has 0 aromatic heterocycles. The lowest BCUT2D eigenvalue weighted by Gasteiger charge is -2.29. The number of likely N-dealkylation sites (tertiary alicyclic amines) is 1. The third-order valence-corrected chi connectivity index (χ3v) is 3.90. The summed E-state index contributed by atoms with van der Waals surface area (Å²) in [5, 5.41) is 9.05. The lowest BCUT2D eigenvalue weighted by molar-refractivity contribution is -0.144. The van der Waals surface area contributed by atoms with Crippen LogP contribution in [0.5, 0.6) is 11.5 Å². The molecule has 2 aliphatic heterocycles. The van der Waals surface area contributed by atoms with Crippen molar-refractivity contribution in [2.24, 2.45) is 5.92 Å². The maximum absolute atomic E-state index is 12.2. The van der Waals surface area contributed by atoms with Gasteiger partial charge in [-0.3, -0.25) is 9.59 Å². The van der Waals surface area contributed by atoms with Crippen LogP contribution in [0.4, 0.5) is 0 Å². The van der Waals surface area contributed by atoms with Gasteiger partial charge in [0.15, 0.2) is 11.5 Å². The summed E-state index contributed by atoms with van der Waals surface area (Å²) in [4.78, 5) is 24.8. The molecule has 2 heterocycles. The number of carbonyl (C=O) groups is 2. The summed E-state index contributed by atoms with van der Waals surface area (Å²) in [5.74, 6) is -0.0974. The van der Waals surface area contributed by atoms with E-state index in [1.807, 2.05) is 12.1 Å². The zero-order valence-electron chi connectivity index (χ0n) is 12.0. The first-order valence-electron chi connectivity index (χ1n) is 7.23. The fourth-order valence-electron chi connectivity index (χ4n) is 2.67. The highest BCUT2D eigenvalue weighted by Crippen LogP contribution is 2.32. The molecule has 6 nitrogen and oxygen atoms in total. The molecule has 1 aromatic rings. The summed E-state index contributed by atoms with van der Waals surface area (Å²) in [6.45, 7) is 1.10. The first kappa shape index (κ1) is 14.4. The van der Waals surface area contributed by atoms with Gasteiger partial charge >= 0.3 is 5.97 Å². The van der Waals surface area contributed by atoms with Crippen LogP contribution in [0.25, 0.3) is 6.08 Å². The first-order valence-corrected chi connectivity index (χ1v) is 7.23. The molecule has 0 unspecified atom stereocenters. The van der Waals surface area contributed by atoms with Gasteiger partial charge in [-0.2, -0.15) is 0 Å². The number of carboxylic acids is 1. The Bertz CT molecular complexity index is 625. The Labute approximate surface area is 127 Å². The second-order valence-corrected chi connectivity index (χ2v) is 5.41. The third kappa shape index (κ3) is 3.05. The smallest absolute Gasteiger partial charge is 0.308 e. The van der Waals surface area contributed by atoms with Gasteiger partial charge in [-0.15, -0.1) is 0 Å². The SMILES string of the molecule is O=C(O)[C@H]1CCCN(C(=O)/C=C/c2ccc3c(c2)OCO3)C1. The van der Waals surface area contributed by atoms with E-state index in [-0.39, 0.29) is 19.2 Å². The van der Waals surface area contributed by atoms with Crippen molar-refractivity contribution >= 4 is 18.0 Å². The first-order chi connectivity index (χ1) is 10.6. The van der Waals surface area contributed by atoms with Gasteiger partial charge in [-0.05, 0) is 36.6 Å². The highest BCUT2D eigenvalue weighted by Gasteiger charge is 2.27. The van der Waals surface area contributed by atoms with E-state index in [9.17, 15) is 9.59 Å². The molecule has 116 valence electrons. The summed E-state index contributed by atoms with van der Waals surface area (Å²) in [6, 6.07) is 5.45. The zero-order valence-corrected chi connectivity index (χ0v) is 12.0. The molecule has 1 aromatic carbocycles. The summed E-state index contributed by atoms with van der Waals surface area (Å²) in [6.07, 6.45) is 4.53. The molecule has 1 amide bonds. The topological polar surface area (TPSA) is 76.1 Å². The molecular weight excluding hydrogens is 286 g/mol. The second-order valence-electron chi connectivity index (χ2n) is 5.41. The number of ether oxygens (including phenoxy) is 2. The van der Waals surface area contributed by atoms with Gasteiger partial charge in [0.2, 0.25) is 12.7 Å². The van der Waals surface area contributed by atoms with Crippen LogP contribution in [0.1, 0.15) is 18.4 Å². The minimum atomic E-state index is -0.836. The van der Waals surface area contributed by atoms with E-state index in [0.717, 1.165) is 12.0 Å². The lowest BCUT2D eigenvalue weighted by Crippen LogP contribution is -2.41. The van der Waals surface area contributed by atoms with Crippen molar-refractivity contribution in [2.45, 2.75) is 12.8 Å². The molecule has 1 atom stereocenters. The normalized spacial score (nSPS) is 20.4. The Morgan fingerprint density at radius 3 is 2.91 bits per heavy atom.